The van der Waals surface area contributed by atoms with Crippen molar-refractivity contribution in [2.45, 2.75) is 57.8 Å². The minimum atomic E-state index is -3.83. The SMILES string of the molecule is CCCCN(CC(=O)Nc1cc(C(C)(C)C)nn1-c1ccc(Cl)cc1)S(=O)(=O)c1ccc(C)cc1. The summed E-state index contributed by atoms with van der Waals surface area (Å²) in [6.45, 7) is 9.94. The fraction of sp³-hybridized carbons (Fsp3) is 0.385. The maximum atomic E-state index is 13.3. The van der Waals surface area contributed by atoms with Gasteiger partial charge in [0.25, 0.3) is 0 Å². The van der Waals surface area contributed by atoms with Gasteiger partial charge in [-0.15, -0.1) is 0 Å². The van der Waals surface area contributed by atoms with Crippen molar-refractivity contribution in [1.29, 1.82) is 0 Å². The largest absolute Gasteiger partial charge is 0.309 e. The summed E-state index contributed by atoms with van der Waals surface area (Å²) < 4.78 is 29.5. The Balaban J connectivity index is 1.90. The fourth-order valence-corrected chi connectivity index (χ4v) is 5.00. The Hall–Kier alpha value is -2.68. The van der Waals surface area contributed by atoms with Crippen LogP contribution in [-0.4, -0.2) is 41.5 Å². The van der Waals surface area contributed by atoms with E-state index in [2.05, 4.69) is 5.32 Å². The van der Waals surface area contributed by atoms with Crippen LogP contribution in [0.1, 0.15) is 51.8 Å². The first-order valence-electron chi connectivity index (χ1n) is 11.6. The van der Waals surface area contributed by atoms with Crippen molar-refractivity contribution in [3.63, 3.8) is 0 Å². The van der Waals surface area contributed by atoms with Crippen LogP contribution in [0.25, 0.3) is 5.69 Å². The van der Waals surface area contributed by atoms with E-state index in [0.717, 1.165) is 23.4 Å². The second-order valence-electron chi connectivity index (χ2n) is 9.61. The number of nitrogens with one attached hydrogen (secondary N) is 1. The molecule has 0 saturated heterocycles. The minimum absolute atomic E-state index is 0.174. The molecule has 9 heteroatoms. The molecule has 0 aliphatic heterocycles. The molecule has 1 N–H and O–H groups in total. The summed E-state index contributed by atoms with van der Waals surface area (Å²) in [6, 6.07) is 15.6. The number of rotatable bonds is 9. The van der Waals surface area contributed by atoms with Crippen molar-refractivity contribution in [2.75, 3.05) is 18.4 Å². The Morgan fingerprint density at radius 2 is 1.71 bits per heavy atom. The number of anilines is 1. The van der Waals surface area contributed by atoms with Crippen LogP contribution in [0.15, 0.2) is 59.5 Å². The number of halogens is 1. The van der Waals surface area contributed by atoms with Crippen LogP contribution >= 0.6 is 11.6 Å². The van der Waals surface area contributed by atoms with Crippen LogP contribution in [0.4, 0.5) is 5.82 Å². The summed E-state index contributed by atoms with van der Waals surface area (Å²) >= 11 is 6.04. The summed E-state index contributed by atoms with van der Waals surface area (Å²) in [5.41, 5.74) is 2.24. The fourth-order valence-electron chi connectivity index (χ4n) is 3.44. The van der Waals surface area contributed by atoms with Crippen LogP contribution in [0.2, 0.25) is 5.02 Å². The molecule has 0 radical (unpaired) electrons. The lowest BCUT2D eigenvalue weighted by atomic mass is 9.92. The number of amides is 1. The van der Waals surface area contributed by atoms with Crippen LogP contribution in [0.5, 0.6) is 0 Å². The molecular formula is C26H33ClN4O3S. The van der Waals surface area contributed by atoms with Crippen LogP contribution < -0.4 is 5.32 Å². The number of aryl methyl sites for hydroxylation is 1. The third kappa shape index (κ3) is 6.72. The normalized spacial score (nSPS) is 12.2. The third-order valence-corrected chi connectivity index (χ3v) is 7.67. The molecule has 0 unspecified atom stereocenters. The number of hydrogen-bond acceptors (Lipinski definition) is 4. The lowest BCUT2D eigenvalue weighted by Crippen LogP contribution is -2.38. The topological polar surface area (TPSA) is 84.3 Å². The second kappa shape index (κ2) is 10.9. The van der Waals surface area contributed by atoms with Gasteiger partial charge in [0, 0.05) is 23.0 Å². The standard InChI is InChI=1S/C26H33ClN4O3S/c1-6-7-16-30(35(33,34)22-14-8-19(2)9-15-22)18-25(32)28-24-17-23(26(3,4)5)29-31(24)21-12-10-20(27)11-13-21/h8-15,17H,6-7,16,18H2,1-5H3,(H,28,32). The van der Waals surface area contributed by atoms with Crippen LogP contribution in [0, 0.1) is 6.92 Å². The van der Waals surface area contributed by atoms with Crippen molar-refractivity contribution in [3.05, 3.63) is 70.9 Å². The lowest BCUT2D eigenvalue weighted by Gasteiger charge is -2.22. The number of aromatic nitrogens is 2. The molecule has 0 spiro atoms. The zero-order valence-electron chi connectivity index (χ0n) is 20.9. The number of nitrogens with zero attached hydrogens (tertiary/aromatic N) is 3. The van der Waals surface area contributed by atoms with E-state index in [1.807, 2.05) is 52.8 Å². The molecule has 2 aromatic carbocycles. The van der Waals surface area contributed by atoms with Crippen molar-refractivity contribution in [3.8, 4) is 5.69 Å². The summed E-state index contributed by atoms with van der Waals surface area (Å²) in [7, 11) is -3.83. The number of sulfonamides is 1. The highest BCUT2D eigenvalue weighted by Crippen LogP contribution is 2.27. The molecule has 0 bridgehead atoms. The molecule has 3 rings (SSSR count). The maximum absolute atomic E-state index is 13.3. The van der Waals surface area contributed by atoms with E-state index in [4.69, 9.17) is 16.7 Å². The molecular weight excluding hydrogens is 484 g/mol. The van der Waals surface area contributed by atoms with Gasteiger partial charge in [-0.1, -0.05) is 63.4 Å². The average Bonchev–Trinajstić information content (AvgIpc) is 3.21. The molecule has 7 nitrogen and oxygen atoms in total. The van der Waals surface area contributed by atoms with E-state index in [-0.39, 0.29) is 23.4 Å². The highest BCUT2D eigenvalue weighted by Gasteiger charge is 2.27. The second-order valence-corrected chi connectivity index (χ2v) is 12.0. The van der Waals surface area contributed by atoms with Gasteiger partial charge in [-0.25, -0.2) is 13.1 Å². The Morgan fingerprint density at radius 3 is 2.29 bits per heavy atom. The van der Waals surface area contributed by atoms with Gasteiger partial charge in [0.2, 0.25) is 15.9 Å². The Bertz CT molecular complexity index is 1260. The highest BCUT2D eigenvalue weighted by molar-refractivity contribution is 7.89. The number of unbranched alkanes of at least 4 members (excludes halogenated alkanes) is 1. The molecule has 0 fully saturated rings. The van der Waals surface area contributed by atoms with Gasteiger partial charge < -0.3 is 5.32 Å². The van der Waals surface area contributed by atoms with E-state index >= 15 is 0 Å². The number of carbonyl (C=O) groups excluding carboxylic acids is 1. The average molecular weight is 517 g/mol. The summed E-state index contributed by atoms with van der Waals surface area (Å²) in [5, 5.41) is 8.17. The summed E-state index contributed by atoms with van der Waals surface area (Å²) in [5.74, 6) is 0.0257. The zero-order chi connectivity index (χ0) is 25.8. The van der Waals surface area contributed by atoms with Gasteiger partial charge in [-0.3, -0.25) is 4.79 Å². The van der Waals surface area contributed by atoms with Crippen LogP contribution in [-0.2, 0) is 20.2 Å². The van der Waals surface area contributed by atoms with E-state index in [9.17, 15) is 13.2 Å². The van der Waals surface area contributed by atoms with Gasteiger partial charge >= 0.3 is 0 Å². The van der Waals surface area contributed by atoms with Gasteiger partial charge in [0.15, 0.2) is 0 Å². The first kappa shape index (κ1) is 26.9. The predicted molar refractivity (Wildman–Crippen MR) is 141 cm³/mol. The van der Waals surface area contributed by atoms with Gasteiger partial charge in [0.05, 0.1) is 22.8 Å². The van der Waals surface area contributed by atoms with Crippen molar-refractivity contribution >= 4 is 33.3 Å². The molecule has 0 atom stereocenters. The minimum Gasteiger partial charge on any atom is -0.309 e. The number of benzene rings is 2. The zero-order valence-corrected chi connectivity index (χ0v) is 22.4. The molecule has 3 aromatic rings. The Kier molecular flexibility index (Phi) is 8.41. The summed E-state index contributed by atoms with van der Waals surface area (Å²) in [6.07, 6.45) is 1.45. The molecule has 0 aliphatic rings. The smallest absolute Gasteiger partial charge is 0.243 e. The lowest BCUT2D eigenvalue weighted by molar-refractivity contribution is -0.116. The first-order chi connectivity index (χ1) is 16.4. The number of carbonyl (C=O) groups is 1. The Labute approximate surface area is 213 Å². The van der Waals surface area contributed by atoms with E-state index < -0.39 is 15.9 Å². The van der Waals surface area contributed by atoms with E-state index in [1.54, 1.807) is 41.1 Å². The van der Waals surface area contributed by atoms with Gasteiger partial charge in [0.1, 0.15) is 5.82 Å². The van der Waals surface area contributed by atoms with Crippen molar-refractivity contribution in [1.82, 2.24) is 14.1 Å². The van der Waals surface area contributed by atoms with Crippen molar-refractivity contribution in [2.24, 2.45) is 0 Å². The quantitative estimate of drug-likeness (QED) is 0.403. The van der Waals surface area contributed by atoms with Crippen LogP contribution in [0.3, 0.4) is 0 Å². The molecule has 1 amide bonds. The van der Waals surface area contributed by atoms with Crippen molar-refractivity contribution < 1.29 is 13.2 Å². The van der Waals surface area contributed by atoms with E-state index in [0.29, 0.717) is 17.3 Å². The maximum Gasteiger partial charge on any atom is 0.243 e. The molecule has 35 heavy (non-hydrogen) atoms. The molecule has 188 valence electrons. The molecule has 1 aromatic heterocycles. The van der Waals surface area contributed by atoms with E-state index in [1.165, 1.54) is 4.31 Å². The molecule has 0 saturated carbocycles. The van der Waals surface area contributed by atoms with Gasteiger partial charge in [-0.05, 0) is 49.7 Å². The first-order valence-corrected chi connectivity index (χ1v) is 13.5. The van der Waals surface area contributed by atoms with Gasteiger partial charge in [-0.2, -0.15) is 9.40 Å². The number of hydrogen-bond donors (Lipinski definition) is 1. The molecule has 1 heterocycles. The summed E-state index contributed by atoms with van der Waals surface area (Å²) in [4.78, 5) is 13.3. The molecule has 0 aliphatic carbocycles. The Morgan fingerprint density at radius 1 is 1.09 bits per heavy atom. The predicted octanol–water partition coefficient (Wildman–Crippen LogP) is 5.56. The third-order valence-electron chi connectivity index (χ3n) is 5.56. The monoisotopic (exact) mass is 516 g/mol. The highest BCUT2D eigenvalue weighted by atomic mass is 35.5.